The second-order valence-corrected chi connectivity index (χ2v) is 4.54. The van der Waals surface area contributed by atoms with Crippen LogP contribution in [-0.2, 0) is 6.54 Å². The van der Waals surface area contributed by atoms with Gasteiger partial charge in [0.1, 0.15) is 5.03 Å². The molecular formula is C10H19N3OS. The minimum atomic E-state index is 0.230. The van der Waals surface area contributed by atoms with E-state index in [4.69, 9.17) is 10.8 Å². The molecule has 86 valence electrons. The fourth-order valence-corrected chi connectivity index (χ4v) is 2.37. The van der Waals surface area contributed by atoms with Crippen LogP contribution in [0.5, 0.6) is 0 Å². The third-order valence-electron chi connectivity index (χ3n) is 2.10. The molecule has 3 N–H and O–H groups in total. The second-order valence-electron chi connectivity index (χ2n) is 3.45. The Balaban J connectivity index is 2.73. The van der Waals surface area contributed by atoms with Crippen molar-refractivity contribution in [2.75, 3.05) is 18.1 Å². The van der Waals surface area contributed by atoms with Gasteiger partial charge in [-0.25, -0.2) is 0 Å². The molecule has 0 atom stereocenters. The molecule has 0 aromatic carbocycles. The summed E-state index contributed by atoms with van der Waals surface area (Å²) >= 11 is 1.67. The molecule has 0 spiro atoms. The first-order chi connectivity index (χ1) is 7.20. The lowest BCUT2D eigenvalue weighted by atomic mass is 10.4. The van der Waals surface area contributed by atoms with Gasteiger partial charge in [0.05, 0.1) is 11.4 Å². The first-order valence-electron chi connectivity index (χ1n) is 5.27. The average Bonchev–Trinajstić information content (AvgIpc) is 2.47. The highest BCUT2D eigenvalue weighted by atomic mass is 32.2. The number of rotatable bonds is 6. The Bertz CT molecular complexity index is 312. The fraction of sp³-hybridized carbons (Fsp3) is 0.700. The lowest BCUT2D eigenvalue weighted by Gasteiger charge is -2.05. The van der Waals surface area contributed by atoms with E-state index in [2.05, 4.69) is 12.0 Å². The summed E-state index contributed by atoms with van der Waals surface area (Å²) in [7, 11) is 0. The minimum absolute atomic E-state index is 0.230. The number of nitrogens with zero attached hydrogens (tertiary/aromatic N) is 2. The molecule has 0 saturated heterocycles. The third-order valence-corrected chi connectivity index (χ3v) is 3.30. The number of hydrogen-bond donors (Lipinski definition) is 2. The molecule has 0 aliphatic heterocycles. The van der Waals surface area contributed by atoms with E-state index >= 15 is 0 Å². The summed E-state index contributed by atoms with van der Waals surface area (Å²) in [4.78, 5) is 0. The second kappa shape index (κ2) is 6.02. The zero-order valence-corrected chi connectivity index (χ0v) is 10.2. The summed E-state index contributed by atoms with van der Waals surface area (Å²) in [6.45, 7) is 5.18. The maximum absolute atomic E-state index is 8.72. The van der Waals surface area contributed by atoms with Gasteiger partial charge in [-0.1, -0.05) is 6.92 Å². The third kappa shape index (κ3) is 3.14. The fourth-order valence-electron chi connectivity index (χ4n) is 1.32. The molecule has 0 aliphatic rings. The Morgan fingerprint density at radius 3 is 2.87 bits per heavy atom. The van der Waals surface area contributed by atoms with E-state index < -0.39 is 0 Å². The van der Waals surface area contributed by atoms with Crippen LogP contribution in [0.3, 0.4) is 0 Å². The quantitative estimate of drug-likeness (QED) is 0.575. The molecule has 1 aromatic heterocycles. The Hall–Kier alpha value is -0.680. The molecule has 0 amide bonds. The topological polar surface area (TPSA) is 64.1 Å². The zero-order chi connectivity index (χ0) is 11.3. The van der Waals surface area contributed by atoms with Gasteiger partial charge in [0.25, 0.3) is 0 Å². The van der Waals surface area contributed by atoms with Crippen LogP contribution in [0.2, 0.25) is 0 Å². The molecule has 1 aromatic rings. The van der Waals surface area contributed by atoms with E-state index in [-0.39, 0.29) is 6.61 Å². The zero-order valence-electron chi connectivity index (χ0n) is 9.36. The van der Waals surface area contributed by atoms with Crippen molar-refractivity contribution in [3.63, 3.8) is 0 Å². The van der Waals surface area contributed by atoms with Crippen LogP contribution < -0.4 is 5.73 Å². The molecule has 0 radical (unpaired) electrons. The largest absolute Gasteiger partial charge is 0.396 e. The number of nitrogens with two attached hydrogens (primary N) is 1. The number of nitrogen functional groups attached to an aromatic ring is 1. The van der Waals surface area contributed by atoms with E-state index in [1.165, 1.54) is 0 Å². The van der Waals surface area contributed by atoms with Crippen molar-refractivity contribution in [1.82, 2.24) is 9.78 Å². The Kier molecular flexibility index (Phi) is 4.98. The van der Waals surface area contributed by atoms with Crippen LogP contribution in [0.25, 0.3) is 0 Å². The Morgan fingerprint density at radius 1 is 1.53 bits per heavy atom. The molecule has 0 unspecified atom stereocenters. The molecule has 4 nitrogen and oxygen atoms in total. The number of aromatic nitrogens is 2. The normalized spacial score (nSPS) is 10.9. The Labute approximate surface area is 94.9 Å². The summed E-state index contributed by atoms with van der Waals surface area (Å²) in [5, 5.41) is 14.2. The monoisotopic (exact) mass is 229 g/mol. The van der Waals surface area contributed by atoms with Gasteiger partial charge in [-0.3, -0.25) is 4.68 Å². The van der Waals surface area contributed by atoms with Crippen molar-refractivity contribution in [2.24, 2.45) is 0 Å². The molecule has 0 bridgehead atoms. The van der Waals surface area contributed by atoms with Gasteiger partial charge in [0.15, 0.2) is 0 Å². The molecule has 0 saturated carbocycles. The number of aryl methyl sites for hydroxylation is 2. The number of hydrogen-bond acceptors (Lipinski definition) is 4. The van der Waals surface area contributed by atoms with Gasteiger partial charge in [-0.05, 0) is 19.8 Å². The van der Waals surface area contributed by atoms with Crippen LogP contribution in [0, 0.1) is 6.92 Å². The maximum Gasteiger partial charge on any atom is 0.117 e. The maximum atomic E-state index is 8.72. The summed E-state index contributed by atoms with van der Waals surface area (Å²) in [5.74, 6) is 0.884. The van der Waals surface area contributed by atoms with Gasteiger partial charge in [0.2, 0.25) is 0 Å². The molecule has 1 rings (SSSR count). The molecule has 15 heavy (non-hydrogen) atoms. The van der Waals surface area contributed by atoms with Crippen molar-refractivity contribution >= 4 is 17.4 Å². The standard InChI is InChI=1S/C10H19N3OS/c1-3-5-13-10(15-7-4-6-14)9(11)8(2)12-13/h14H,3-7,11H2,1-2H3. The predicted octanol–water partition coefficient (Wildman–Crippen LogP) is 1.66. The lowest BCUT2D eigenvalue weighted by Crippen LogP contribution is -2.02. The van der Waals surface area contributed by atoms with E-state index in [1.807, 2.05) is 11.6 Å². The van der Waals surface area contributed by atoms with Crippen LogP contribution in [0.4, 0.5) is 5.69 Å². The highest BCUT2D eigenvalue weighted by Crippen LogP contribution is 2.28. The van der Waals surface area contributed by atoms with Gasteiger partial charge in [0, 0.05) is 18.9 Å². The molecule has 5 heteroatoms. The van der Waals surface area contributed by atoms with Crippen molar-refractivity contribution < 1.29 is 5.11 Å². The SMILES string of the molecule is CCCn1nc(C)c(N)c1SCCCO. The van der Waals surface area contributed by atoms with Crippen molar-refractivity contribution in [1.29, 1.82) is 0 Å². The van der Waals surface area contributed by atoms with Gasteiger partial charge in [-0.15, -0.1) is 11.8 Å². The molecule has 0 aliphatic carbocycles. The number of aliphatic hydroxyl groups is 1. The van der Waals surface area contributed by atoms with Crippen molar-refractivity contribution in [2.45, 2.75) is 38.3 Å². The first kappa shape index (κ1) is 12.4. The van der Waals surface area contributed by atoms with E-state index in [0.717, 1.165) is 41.5 Å². The average molecular weight is 229 g/mol. The summed E-state index contributed by atoms with van der Waals surface area (Å²) < 4.78 is 1.96. The summed E-state index contributed by atoms with van der Waals surface area (Å²) in [6, 6.07) is 0. The highest BCUT2D eigenvalue weighted by molar-refractivity contribution is 7.99. The van der Waals surface area contributed by atoms with Crippen LogP contribution in [0.1, 0.15) is 25.5 Å². The van der Waals surface area contributed by atoms with Crippen LogP contribution >= 0.6 is 11.8 Å². The molecular weight excluding hydrogens is 210 g/mol. The minimum Gasteiger partial charge on any atom is -0.396 e. The number of anilines is 1. The summed E-state index contributed by atoms with van der Waals surface area (Å²) in [6.07, 6.45) is 1.84. The van der Waals surface area contributed by atoms with Crippen molar-refractivity contribution in [3.8, 4) is 0 Å². The lowest BCUT2D eigenvalue weighted by molar-refractivity contribution is 0.296. The first-order valence-corrected chi connectivity index (χ1v) is 6.25. The number of aliphatic hydroxyl groups excluding tert-OH is 1. The highest BCUT2D eigenvalue weighted by Gasteiger charge is 2.11. The Morgan fingerprint density at radius 2 is 2.27 bits per heavy atom. The molecule has 0 fully saturated rings. The summed E-state index contributed by atoms with van der Waals surface area (Å²) in [5.41, 5.74) is 7.63. The van der Waals surface area contributed by atoms with E-state index in [0.29, 0.717) is 0 Å². The number of thioether (sulfide) groups is 1. The van der Waals surface area contributed by atoms with Crippen molar-refractivity contribution in [3.05, 3.63) is 5.69 Å². The van der Waals surface area contributed by atoms with E-state index in [1.54, 1.807) is 11.8 Å². The predicted molar refractivity (Wildman–Crippen MR) is 64.1 cm³/mol. The van der Waals surface area contributed by atoms with Crippen LogP contribution in [-0.4, -0.2) is 27.2 Å². The van der Waals surface area contributed by atoms with Gasteiger partial charge >= 0.3 is 0 Å². The van der Waals surface area contributed by atoms with Gasteiger partial charge < -0.3 is 10.8 Å². The molecule has 1 heterocycles. The smallest absolute Gasteiger partial charge is 0.117 e. The van der Waals surface area contributed by atoms with Gasteiger partial charge in [-0.2, -0.15) is 5.10 Å². The van der Waals surface area contributed by atoms with E-state index in [9.17, 15) is 0 Å². The van der Waals surface area contributed by atoms with Crippen LogP contribution in [0.15, 0.2) is 5.03 Å².